The Morgan fingerprint density at radius 3 is 2.11 bits per heavy atom. The summed E-state index contributed by atoms with van der Waals surface area (Å²) in [5.41, 5.74) is 1.14. The Morgan fingerprint density at radius 1 is 0.861 bits per heavy atom. The maximum absolute atomic E-state index is 14.1. The maximum Gasteiger partial charge on any atom is 0.336 e. The molecule has 190 valence electrons. The average Bonchev–Trinajstić information content (AvgIpc) is 2.79. The number of urea groups is 1. The number of halogens is 3. The number of rotatable bonds is 8. The number of carbonyl (C=O) groups is 2. The molecular formula is C27H28F3N3O3. The number of amides is 2. The van der Waals surface area contributed by atoms with Gasteiger partial charge in [-0.25, -0.2) is 22.8 Å². The van der Waals surface area contributed by atoms with E-state index in [1.165, 1.54) is 6.07 Å². The van der Waals surface area contributed by atoms with E-state index in [1.54, 1.807) is 18.2 Å². The fraction of sp³-hybridized carbons (Fsp3) is 0.259. The molecule has 0 heterocycles. The van der Waals surface area contributed by atoms with E-state index in [2.05, 4.69) is 15.5 Å². The number of carboxylic acid groups (broad SMARTS) is 1. The van der Waals surface area contributed by atoms with E-state index in [0.717, 1.165) is 24.3 Å². The molecule has 9 heteroatoms. The van der Waals surface area contributed by atoms with E-state index in [0.29, 0.717) is 29.5 Å². The highest BCUT2D eigenvalue weighted by molar-refractivity contribution is 6.03. The highest BCUT2D eigenvalue weighted by Crippen LogP contribution is 2.35. The van der Waals surface area contributed by atoms with Crippen molar-refractivity contribution in [3.05, 3.63) is 77.6 Å². The minimum absolute atomic E-state index is 0.0418. The van der Waals surface area contributed by atoms with Gasteiger partial charge in [0.15, 0.2) is 0 Å². The smallest absolute Gasteiger partial charge is 0.336 e. The van der Waals surface area contributed by atoms with Gasteiger partial charge in [-0.2, -0.15) is 0 Å². The van der Waals surface area contributed by atoms with Gasteiger partial charge < -0.3 is 20.6 Å². The van der Waals surface area contributed by atoms with Crippen molar-refractivity contribution in [3.8, 4) is 11.1 Å². The number of carbonyl (C=O) groups excluding carboxylic acids is 1. The molecule has 0 saturated carbocycles. The molecule has 3 aromatic carbocycles. The summed E-state index contributed by atoms with van der Waals surface area (Å²) >= 11 is 0. The second-order valence-electron chi connectivity index (χ2n) is 9.07. The van der Waals surface area contributed by atoms with Crippen LogP contribution >= 0.6 is 0 Å². The number of aromatic carboxylic acids is 1. The fourth-order valence-electron chi connectivity index (χ4n) is 3.84. The summed E-state index contributed by atoms with van der Waals surface area (Å²) in [5, 5.41) is 14.6. The summed E-state index contributed by atoms with van der Waals surface area (Å²) in [5.74, 6) is -3.27. The zero-order valence-corrected chi connectivity index (χ0v) is 20.4. The van der Waals surface area contributed by atoms with Crippen molar-refractivity contribution in [1.29, 1.82) is 0 Å². The molecule has 6 nitrogen and oxygen atoms in total. The zero-order valence-electron chi connectivity index (χ0n) is 20.4. The molecule has 0 aliphatic rings. The highest BCUT2D eigenvalue weighted by atomic mass is 19.1. The summed E-state index contributed by atoms with van der Waals surface area (Å²) in [6.07, 6.45) is 0. The molecule has 0 radical (unpaired) electrons. The molecule has 36 heavy (non-hydrogen) atoms. The molecule has 3 N–H and O–H groups in total. The minimum Gasteiger partial charge on any atom is -0.478 e. The van der Waals surface area contributed by atoms with Gasteiger partial charge in [-0.15, -0.1) is 0 Å². The van der Waals surface area contributed by atoms with Crippen molar-refractivity contribution in [2.75, 3.05) is 22.1 Å². The van der Waals surface area contributed by atoms with E-state index in [4.69, 9.17) is 0 Å². The van der Waals surface area contributed by atoms with Gasteiger partial charge in [0, 0.05) is 18.7 Å². The molecule has 0 aliphatic heterocycles. The van der Waals surface area contributed by atoms with Crippen molar-refractivity contribution in [2.45, 2.75) is 33.7 Å². The number of nitrogens with one attached hydrogen (secondary N) is 2. The number of carboxylic acids is 1. The maximum atomic E-state index is 14.1. The van der Waals surface area contributed by atoms with Crippen LogP contribution in [0.5, 0.6) is 0 Å². The standard InChI is InChI=1S/C27H28F3N3O3/c1-15(2)14-33(16(3)4)25-10-5-17(21-12-18(28)6-8-20(21)26(34)35)11-24(25)32-27(36)31-23-9-7-19(29)13-22(23)30/h5-13,15-16H,14H2,1-4H3,(H,34,35)(H2,31,32,36). The third-order valence-electron chi connectivity index (χ3n) is 5.44. The normalized spacial score (nSPS) is 11.0. The SMILES string of the molecule is CC(C)CN(c1ccc(-c2cc(F)ccc2C(=O)O)cc1NC(=O)Nc1ccc(F)cc1F)C(C)C. The Kier molecular flexibility index (Phi) is 8.24. The van der Waals surface area contributed by atoms with Crippen LogP contribution in [0.1, 0.15) is 38.1 Å². The van der Waals surface area contributed by atoms with Crippen LogP contribution in [0.3, 0.4) is 0 Å². The molecule has 0 fully saturated rings. The van der Waals surface area contributed by atoms with Gasteiger partial charge >= 0.3 is 12.0 Å². The first kappa shape index (κ1) is 26.6. The first-order valence-corrected chi connectivity index (χ1v) is 11.4. The van der Waals surface area contributed by atoms with Gasteiger partial charge in [0.1, 0.15) is 17.5 Å². The summed E-state index contributed by atoms with van der Waals surface area (Å²) in [6, 6.07) is 10.3. The molecule has 2 amide bonds. The summed E-state index contributed by atoms with van der Waals surface area (Å²) in [4.78, 5) is 26.6. The molecule has 0 bridgehead atoms. The van der Waals surface area contributed by atoms with Crippen LogP contribution in [0.4, 0.5) is 35.0 Å². The monoisotopic (exact) mass is 499 g/mol. The summed E-state index contributed by atoms with van der Waals surface area (Å²) in [6.45, 7) is 8.73. The van der Waals surface area contributed by atoms with Gasteiger partial charge in [0.25, 0.3) is 0 Å². The minimum atomic E-state index is -1.23. The largest absolute Gasteiger partial charge is 0.478 e. The van der Waals surface area contributed by atoms with Gasteiger partial charge in [-0.05, 0) is 73.4 Å². The van der Waals surface area contributed by atoms with E-state index in [1.807, 2.05) is 27.7 Å². The first-order valence-electron chi connectivity index (χ1n) is 11.4. The summed E-state index contributed by atoms with van der Waals surface area (Å²) in [7, 11) is 0. The average molecular weight is 500 g/mol. The predicted molar refractivity (Wildman–Crippen MR) is 135 cm³/mol. The Hall–Kier alpha value is -4.01. The zero-order chi connectivity index (χ0) is 26.6. The number of benzene rings is 3. The first-order chi connectivity index (χ1) is 17.0. The fourth-order valence-corrected chi connectivity index (χ4v) is 3.84. The van der Waals surface area contributed by atoms with Gasteiger partial charge in [-0.1, -0.05) is 19.9 Å². The Labute approximate surface area is 207 Å². The van der Waals surface area contributed by atoms with E-state index < -0.39 is 29.5 Å². The van der Waals surface area contributed by atoms with Crippen LogP contribution in [0, 0.1) is 23.4 Å². The lowest BCUT2D eigenvalue weighted by Crippen LogP contribution is -2.35. The quantitative estimate of drug-likeness (QED) is 0.312. The van der Waals surface area contributed by atoms with Crippen molar-refractivity contribution in [3.63, 3.8) is 0 Å². The molecule has 0 atom stereocenters. The Morgan fingerprint density at radius 2 is 1.50 bits per heavy atom. The van der Waals surface area contributed by atoms with Crippen LogP contribution in [-0.2, 0) is 0 Å². The van der Waals surface area contributed by atoms with Crippen LogP contribution in [-0.4, -0.2) is 29.7 Å². The molecule has 0 saturated heterocycles. The third kappa shape index (κ3) is 6.35. The lowest BCUT2D eigenvalue weighted by atomic mass is 9.98. The van der Waals surface area contributed by atoms with E-state index in [9.17, 15) is 27.9 Å². The molecular weight excluding hydrogens is 471 g/mol. The van der Waals surface area contributed by atoms with Crippen molar-refractivity contribution < 1.29 is 27.9 Å². The van der Waals surface area contributed by atoms with Crippen molar-refractivity contribution in [1.82, 2.24) is 0 Å². The van der Waals surface area contributed by atoms with E-state index in [-0.39, 0.29) is 28.8 Å². The number of nitrogens with zero attached hydrogens (tertiary/aromatic N) is 1. The Bertz CT molecular complexity index is 1280. The lowest BCUT2D eigenvalue weighted by Gasteiger charge is -2.32. The van der Waals surface area contributed by atoms with Crippen LogP contribution in [0.2, 0.25) is 0 Å². The van der Waals surface area contributed by atoms with Crippen LogP contribution < -0.4 is 15.5 Å². The van der Waals surface area contributed by atoms with Crippen LogP contribution in [0.25, 0.3) is 11.1 Å². The van der Waals surface area contributed by atoms with Crippen molar-refractivity contribution in [2.24, 2.45) is 5.92 Å². The number of anilines is 3. The van der Waals surface area contributed by atoms with Crippen LogP contribution in [0.15, 0.2) is 54.6 Å². The number of hydrogen-bond donors (Lipinski definition) is 3. The van der Waals surface area contributed by atoms with Gasteiger partial charge in [0.05, 0.1) is 22.6 Å². The van der Waals surface area contributed by atoms with Gasteiger partial charge in [-0.3, -0.25) is 0 Å². The second kappa shape index (κ2) is 11.2. The number of hydrogen-bond acceptors (Lipinski definition) is 3. The molecule has 0 unspecified atom stereocenters. The second-order valence-corrected chi connectivity index (χ2v) is 9.07. The lowest BCUT2D eigenvalue weighted by molar-refractivity contribution is 0.0697. The molecule has 0 aromatic heterocycles. The van der Waals surface area contributed by atoms with Gasteiger partial charge in [0.2, 0.25) is 0 Å². The molecule has 3 rings (SSSR count). The third-order valence-corrected chi connectivity index (χ3v) is 5.44. The Balaban J connectivity index is 2.08. The molecule has 0 spiro atoms. The molecule has 0 aliphatic carbocycles. The van der Waals surface area contributed by atoms with Crippen molar-refractivity contribution >= 4 is 29.1 Å². The molecule has 3 aromatic rings. The van der Waals surface area contributed by atoms with E-state index >= 15 is 0 Å². The topological polar surface area (TPSA) is 81.7 Å². The highest BCUT2D eigenvalue weighted by Gasteiger charge is 2.20. The summed E-state index contributed by atoms with van der Waals surface area (Å²) < 4.78 is 41.3. The predicted octanol–water partition coefficient (Wildman–Crippen LogP) is 6.98.